The van der Waals surface area contributed by atoms with E-state index in [-0.39, 0.29) is 17.6 Å². The minimum atomic E-state index is -0.554. The van der Waals surface area contributed by atoms with Crippen molar-refractivity contribution in [1.29, 1.82) is 0 Å². The highest BCUT2D eigenvalue weighted by atomic mass is 32.2. The van der Waals surface area contributed by atoms with Gasteiger partial charge in [0, 0.05) is 26.2 Å². The summed E-state index contributed by atoms with van der Waals surface area (Å²) in [6, 6.07) is 12.7. The minimum absolute atomic E-state index is 0.123. The molecule has 34 heavy (non-hydrogen) atoms. The molecular weight excluding hydrogens is 459 g/mol. The smallest absolute Gasteiger partial charge is 0.409 e. The van der Waals surface area contributed by atoms with Crippen LogP contribution in [0.1, 0.15) is 13.8 Å². The Morgan fingerprint density at radius 2 is 1.79 bits per heavy atom. The SMILES string of the molecule is CCOC(=O)N1CCN(C(=O)C(C)Sc2nc3ccccc3c(=O)n2-c2cccc(F)c2)CC1. The van der Waals surface area contributed by atoms with Crippen LogP contribution in [0.3, 0.4) is 0 Å². The van der Waals surface area contributed by atoms with Crippen molar-refractivity contribution < 1.29 is 18.7 Å². The Kier molecular flexibility index (Phi) is 7.16. The number of para-hydroxylation sites is 1. The van der Waals surface area contributed by atoms with Gasteiger partial charge in [-0.3, -0.25) is 14.2 Å². The fraction of sp³-hybridized carbons (Fsp3) is 0.333. The molecule has 178 valence electrons. The van der Waals surface area contributed by atoms with Crippen LogP contribution in [0, 0.1) is 5.82 Å². The number of carbonyl (C=O) groups is 2. The summed E-state index contributed by atoms with van der Waals surface area (Å²) in [4.78, 5) is 46.3. The first kappa shape index (κ1) is 23.7. The summed E-state index contributed by atoms with van der Waals surface area (Å²) in [5, 5.41) is 0.160. The number of thioether (sulfide) groups is 1. The third kappa shape index (κ3) is 4.91. The molecule has 1 atom stereocenters. The number of rotatable bonds is 5. The largest absolute Gasteiger partial charge is 0.450 e. The molecule has 0 spiro atoms. The van der Waals surface area contributed by atoms with Gasteiger partial charge >= 0.3 is 6.09 Å². The molecule has 1 aliphatic rings. The molecule has 1 saturated heterocycles. The van der Waals surface area contributed by atoms with E-state index in [1.807, 2.05) is 0 Å². The summed E-state index contributed by atoms with van der Waals surface area (Å²) in [6.07, 6.45) is -0.378. The topological polar surface area (TPSA) is 84.7 Å². The second kappa shape index (κ2) is 10.3. The predicted molar refractivity (Wildman–Crippen MR) is 128 cm³/mol. The van der Waals surface area contributed by atoms with Gasteiger partial charge in [0.2, 0.25) is 5.91 Å². The average Bonchev–Trinajstić information content (AvgIpc) is 2.84. The van der Waals surface area contributed by atoms with E-state index < -0.39 is 11.1 Å². The summed E-state index contributed by atoms with van der Waals surface area (Å²) in [5.41, 5.74) is 0.514. The van der Waals surface area contributed by atoms with E-state index in [1.165, 1.54) is 22.8 Å². The van der Waals surface area contributed by atoms with Crippen LogP contribution in [0.25, 0.3) is 16.6 Å². The zero-order valence-corrected chi connectivity index (χ0v) is 19.8. The van der Waals surface area contributed by atoms with E-state index in [1.54, 1.807) is 54.0 Å². The number of hydrogen-bond donors (Lipinski definition) is 0. The average molecular weight is 485 g/mol. The molecular formula is C24H25FN4O4S. The fourth-order valence-corrected chi connectivity index (χ4v) is 4.84. The lowest BCUT2D eigenvalue weighted by molar-refractivity contribution is -0.131. The Morgan fingerprint density at radius 3 is 2.50 bits per heavy atom. The maximum absolute atomic E-state index is 14.0. The van der Waals surface area contributed by atoms with Gasteiger partial charge in [-0.1, -0.05) is 30.0 Å². The first-order valence-electron chi connectivity index (χ1n) is 11.0. The summed E-state index contributed by atoms with van der Waals surface area (Å²) in [6.45, 7) is 5.38. The number of carbonyl (C=O) groups excluding carboxylic acids is 2. The second-order valence-electron chi connectivity index (χ2n) is 7.80. The van der Waals surface area contributed by atoms with E-state index in [2.05, 4.69) is 4.98 Å². The highest BCUT2D eigenvalue weighted by molar-refractivity contribution is 8.00. The molecule has 10 heteroatoms. The van der Waals surface area contributed by atoms with Crippen LogP contribution < -0.4 is 5.56 Å². The first-order valence-corrected chi connectivity index (χ1v) is 11.9. The molecule has 0 radical (unpaired) electrons. The molecule has 1 unspecified atom stereocenters. The van der Waals surface area contributed by atoms with Crippen LogP contribution in [0.15, 0.2) is 58.5 Å². The van der Waals surface area contributed by atoms with Crippen LogP contribution in [0.2, 0.25) is 0 Å². The molecule has 1 aromatic heterocycles. The van der Waals surface area contributed by atoms with E-state index in [4.69, 9.17) is 4.74 Å². The first-order chi connectivity index (χ1) is 16.4. The highest BCUT2D eigenvalue weighted by Crippen LogP contribution is 2.26. The second-order valence-corrected chi connectivity index (χ2v) is 9.11. The van der Waals surface area contributed by atoms with Crippen molar-refractivity contribution in [2.24, 2.45) is 0 Å². The number of aromatic nitrogens is 2. The Labute approximate surface area is 200 Å². The van der Waals surface area contributed by atoms with Gasteiger partial charge in [0.25, 0.3) is 5.56 Å². The third-order valence-electron chi connectivity index (χ3n) is 5.56. The van der Waals surface area contributed by atoms with Crippen molar-refractivity contribution in [3.8, 4) is 5.69 Å². The molecule has 3 aromatic rings. The molecule has 0 aliphatic carbocycles. The van der Waals surface area contributed by atoms with Crippen LogP contribution in [0.4, 0.5) is 9.18 Å². The minimum Gasteiger partial charge on any atom is -0.450 e. The third-order valence-corrected chi connectivity index (χ3v) is 6.60. The lowest BCUT2D eigenvalue weighted by Gasteiger charge is -2.35. The number of halogens is 1. The molecule has 0 N–H and O–H groups in total. The van der Waals surface area contributed by atoms with Crippen molar-refractivity contribution in [1.82, 2.24) is 19.4 Å². The van der Waals surface area contributed by atoms with Gasteiger partial charge in [-0.15, -0.1) is 0 Å². The van der Waals surface area contributed by atoms with Crippen LogP contribution in [-0.2, 0) is 9.53 Å². The number of benzene rings is 2. The molecule has 2 heterocycles. The number of ether oxygens (including phenoxy) is 1. The summed E-state index contributed by atoms with van der Waals surface area (Å²) < 4.78 is 20.3. The van der Waals surface area contributed by atoms with Crippen molar-refractivity contribution in [2.45, 2.75) is 24.3 Å². The summed E-state index contributed by atoms with van der Waals surface area (Å²) in [7, 11) is 0. The van der Waals surface area contributed by atoms with Crippen LogP contribution in [0.5, 0.6) is 0 Å². The molecule has 0 saturated carbocycles. The van der Waals surface area contributed by atoms with Gasteiger partial charge in [0.05, 0.1) is 28.4 Å². The lowest BCUT2D eigenvalue weighted by atomic mass is 10.2. The normalized spacial score (nSPS) is 14.8. The molecule has 2 amide bonds. The molecule has 8 nitrogen and oxygen atoms in total. The Balaban J connectivity index is 1.59. The number of amides is 2. The van der Waals surface area contributed by atoms with Gasteiger partial charge in [0.15, 0.2) is 5.16 Å². The van der Waals surface area contributed by atoms with Gasteiger partial charge < -0.3 is 14.5 Å². The van der Waals surface area contributed by atoms with Crippen molar-refractivity contribution in [3.63, 3.8) is 0 Å². The molecule has 1 aliphatic heterocycles. The molecule has 1 fully saturated rings. The van der Waals surface area contributed by atoms with Gasteiger partial charge in [-0.25, -0.2) is 14.2 Å². The Bertz CT molecular complexity index is 1270. The Morgan fingerprint density at radius 1 is 1.09 bits per heavy atom. The predicted octanol–water partition coefficient (Wildman–Crippen LogP) is 3.31. The fourth-order valence-electron chi connectivity index (χ4n) is 3.82. The van der Waals surface area contributed by atoms with Gasteiger partial charge in [-0.05, 0) is 44.2 Å². The van der Waals surface area contributed by atoms with Gasteiger partial charge in [-0.2, -0.15) is 0 Å². The zero-order chi connectivity index (χ0) is 24.2. The summed E-state index contributed by atoms with van der Waals surface area (Å²) >= 11 is 1.15. The molecule has 2 aromatic carbocycles. The van der Waals surface area contributed by atoms with Crippen molar-refractivity contribution >= 4 is 34.7 Å². The van der Waals surface area contributed by atoms with E-state index in [9.17, 15) is 18.8 Å². The van der Waals surface area contributed by atoms with Crippen LogP contribution >= 0.6 is 11.8 Å². The van der Waals surface area contributed by atoms with Crippen molar-refractivity contribution in [3.05, 3.63) is 64.7 Å². The number of fused-ring (bicyclic) bond motifs is 1. The maximum Gasteiger partial charge on any atom is 0.409 e. The van der Waals surface area contributed by atoms with Crippen LogP contribution in [-0.4, -0.2) is 69.4 Å². The quantitative estimate of drug-likeness (QED) is 0.408. The number of hydrogen-bond acceptors (Lipinski definition) is 6. The maximum atomic E-state index is 14.0. The Hall–Kier alpha value is -3.40. The van der Waals surface area contributed by atoms with E-state index >= 15 is 0 Å². The standard InChI is InChI=1S/C24H25FN4O4S/c1-3-33-24(32)28-13-11-27(12-14-28)21(30)16(2)34-23-26-20-10-5-4-9-19(20)22(31)29(23)18-8-6-7-17(25)15-18/h4-10,15-16H,3,11-14H2,1-2H3. The number of nitrogens with zero attached hydrogens (tertiary/aromatic N) is 4. The van der Waals surface area contributed by atoms with E-state index in [0.29, 0.717) is 54.5 Å². The monoisotopic (exact) mass is 484 g/mol. The molecule has 0 bridgehead atoms. The lowest BCUT2D eigenvalue weighted by Crippen LogP contribution is -2.52. The number of piperazine rings is 1. The van der Waals surface area contributed by atoms with Crippen molar-refractivity contribution in [2.75, 3.05) is 32.8 Å². The molecule has 4 rings (SSSR count). The summed E-state index contributed by atoms with van der Waals surface area (Å²) in [5.74, 6) is -0.598. The zero-order valence-electron chi connectivity index (χ0n) is 18.9. The highest BCUT2D eigenvalue weighted by Gasteiger charge is 2.29. The van der Waals surface area contributed by atoms with E-state index in [0.717, 1.165) is 11.8 Å². The van der Waals surface area contributed by atoms with Gasteiger partial charge in [0.1, 0.15) is 5.82 Å².